The molecule has 26 heavy (non-hydrogen) atoms. The Morgan fingerprint density at radius 2 is 1.81 bits per heavy atom. The molecule has 5 heteroatoms. The summed E-state index contributed by atoms with van der Waals surface area (Å²) in [5.41, 5.74) is 3.53. The molecule has 0 aromatic heterocycles. The van der Waals surface area contributed by atoms with Gasteiger partial charge in [-0.25, -0.2) is 0 Å². The average molecular weight is 345 g/mol. The second kappa shape index (κ2) is 6.64. The maximum atomic E-state index is 13.0. The predicted octanol–water partition coefficient (Wildman–Crippen LogP) is 2.50. The number of anilines is 1. The van der Waals surface area contributed by atoms with Gasteiger partial charge in [-0.2, -0.15) is 5.26 Å². The summed E-state index contributed by atoms with van der Waals surface area (Å²) in [6.45, 7) is 1.64. The summed E-state index contributed by atoms with van der Waals surface area (Å²) in [4.78, 5) is 28.9. The third-order valence-electron chi connectivity index (χ3n) is 5.23. The van der Waals surface area contributed by atoms with Crippen LogP contribution in [0.15, 0.2) is 48.5 Å². The molecular weight excluding hydrogens is 326 g/mol. The number of fused-ring (bicyclic) bond motifs is 1. The van der Waals surface area contributed by atoms with Crippen molar-refractivity contribution < 1.29 is 9.59 Å². The van der Waals surface area contributed by atoms with E-state index in [9.17, 15) is 14.9 Å². The van der Waals surface area contributed by atoms with Crippen LogP contribution in [0.4, 0.5) is 5.69 Å². The Kier molecular flexibility index (Phi) is 4.18. The second-order valence-electron chi connectivity index (χ2n) is 6.81. The number of carbonyl (C=O) groups excluding carboxylic acids is 2. The molecule has 2 aliphatic heterocycles. The summed E-state index contributed by atoms with van der Waals surface area (Å²) in [7, 11) is 0. The molecular formula is C21H19N3O2. The first-order valence-corrected chi connectivity index (χ1v) is 8.82. The fourth-order valence-corrected chi connectivity index (χ4v) is 3.85. The van der Waals surface area contributed by atoms with Crippen LogP contribution in [0.3, 0.4) is 0 Å². The molecule has 1 saturated heterocycles. The molecule has 2 aromatic rings. The molecule has 1 atom stereocenters. The number of benzene rings is 2. The minimum Gasteiger partial charge on any atom is -0.338 e. The summed E-state index contributed by atoms with van der Waals surface area (Å²) in [6, 6.07) is 17.3. The van der Waals surface area contributed by atoms with Crippen LogP contribution >= 0.6 is 0 Å². The number of amides is 2. The number of para-hydroxylation sites is 1. The highest BCUT2D eigenvalue weighted by Crippen LogP contribution is 2.30. The standard InChI is InChI=1S/C21H19N3O2/c22-12-16-6-3-4-8-19(16)24-14-18(11-20(24)25)21(26)23-10-9-15-5-1-2-7-17(15)13-23/h1-8,18H,9-11,13-14H2. The van der Waals surface area contributed by atoms with Crippen LogP contribution in [-0.2, 0) is 22.6 Å². The van der Waals surface area contributed by atoms with E-state index in [0.717, 1.165) is 6.42 Å². The fraction of sp³-hybridized carbons (Fsp3) is 0.286. The van der Waals surface area contributed by atoms with Gasteiger partial charge in [0.05, 0.1) is 17.2 Å². The molecule has 1 unspecified atom stereocenters. The molecule has 0 bridgehead atoms. The van der Waals surface area contributed by atoms with Crippen LogP contribution in [0.25, 0.3) is 0 Å². The molecule has 130 valence electrons. The largest absolute Gasteiger partial charge is 0.338 e. The number of nitrogens with zero attached hydrogens (tertiary/aromatic N) is 3. The molecule has 0 saturated carbocycles. The van der Waals surface area contributed by atoms with Crippen molar-refractivity contribution in [2.45, 2.75) is 19.4 Å². The van der Waals surface area contributed by atoms with E-state index in [4.69, 9.17) is 0 Å². The molecule has 2 amide bonds. The van der Waals surface area contributed by atoms with Gasteiger partial charge in [0.2, 0.25) is 11.8 Å². The van der Waals surface area contributed by atoms with Gasteiger partial charge in [0.1, 0.15) is 6.07 Å². The quantitative estimate of drug-likeness (QED) is 0.840. The SMILES string of the molecule is N#Cc1ccccc1N1CC(C(=O)N2CCc3ccccc3C2)CC1=O. The lowest BCUT2D eigenvalue weighted by Crippen LogP contribution is -2.40. The molecule has 0 radical (unpaired) electrons. The normalized spacial score (nSPS) is 19.2. The van der Waals surface area contributed by atoms with Crippen LogP contribution < -0.4 is 4.90 Å². The third kappa shape index (κ3) is 2.84. The molecule has 5 nitrogen and oxygen atoms in total. The van der Waals surface area contributed by atoms with Crippen molar-refractivity contribution in [2.24, 2.45) is 5.92 Å². The smallest absolute Gasteiger partial charge is 0.228 e. The molecule has 0 aliphatic carbocycles. The van der Waals surface area contributed by atoms with Gasteiger partial charge in [0.15, 0.2) is 0 Å². The molecule has 2 aromatic carbocycles. The van der Waals surface area contributed by atoms with Crippen molar-refractivity contribution in [3.8, 4) is 6.07 Å². The Balaban J connectivity index is 1.51. The average Bonchev–Trinajstić information content (AvgIpc) is 3.08. The van der Waals surface area contributed by atoms with Crippen molar-refractivity contribution in [3.63, 3.8) is 0 Å². The highest BCUT2D eigenvalue weighted by molar-refractivity contribution is 6.01. The van der Waals surface area contributed by atoms with Gasteiger partial charge in [0, 0.05) is 26.1 Å². The lowest BCUT2D eigenvalue weighted by Gasteiger charge is -2.30. The Morgan fingerprint density at radius 3 is 2.62 bits per heavy atom. The molecule has 4 rings (SSSR count). The van der Waals surface area contributed by atoms with E-state index in [1.807, 2.05) is 17.0 Å². The number of hydrogen-bond acceptors (Lipinski definition) is 3. The first-order valence-electron chi connectivity index (χ1n) is 8.82. The maximum absolute atomic E-state index is 13.0. The Hall–Kier alpha value is -3.13. The van der Waals surface area contributed by atoms with Crippen molar-refractivity contribution >= 4 is 17.5 Å². The zero-order valence-corrected chi connectivity index (χ0v) is 14.4. The lowest BCUT2D eigenvalue weighted by molar-refractivity contribution is -0.136. The summed E-state index contributed by atoms with van der Waals surface area (Å²) in [5, 5.41) is 9.27. The number of carbonyl (C=O) groups is 2. The van der Waals surface area contributed by atoms with Crippen LogP contribution in [-0.4, -0.2) is 29.8 Å². The van der Waals surface area contributed by atoms with E-state index in [1.54, 1.807) is 29.2 Å². The Morgan fingerprint density at radius 1 is 1.08 bits per heavy atom. The molecule has 2 aliphatic rings. The molecule has 0 N–H and O–H groups in total. The topological polar surface area (TPSA) is 64.4 Å². The molecule has 2 heterocycles. The zero-order valence-electron chi connectivity index (χ0n) is 14.4. The summed E-state index contributed by atoms with van der Waals surface area (Å²) >= 11 is 0. The summed E-state index contributed by atoms with van der Waals surface area (Å²) < 4.78 is 0. The number of nitriles is 1. The number of hydrogen-bond donors (Lipinski definition) is 0. The van der Waals surface area contributed by atoms with E-state index < -0.39 is 0 Å². The van der Waals surface area contributed by atoms with E-state index in [1.165, 1.54) is 11.1 Å². The zero-order chi connectivity index (χ0) is 18.1. The van der Waals surface area contributed by atoms with E-state index in [0.29, 0.717) is 30.9 Å². The van der Waals surface area contributed by atoms with Crippen molar-refractivity contribution in [1.82, 2.24) is 4.90 Å². The van der Waals surface area contributed by atoms with Crippen molar-refractivity contribution in [3.05, 3.63) is 65.2 Å². The van der Waals surface area contributed by atoms with Gasteiger partial charge < -0.3 is 9.80 Å². The van der Waals surface area contributed by atoms with Gasteiger partial charge in [-0.15, -0.1) is 0 Å². The van der Waals surface area contributed by atoms with E-state index >= 15 is 0 Å². The molecule has 0 spiro atoms. The Bertz CT molecular complexity index is 915. The third-order valence-corrected chi connectivity index (χ3v) is 5.23. The van der Waals surface area contributed by atoms with Crippen LogP contribution in [0.2, 0.25) is 0 Å². The van der Waals surface area contributed by atoms with Gasteiger partial charge in [-0.1, -0.05) is 36.4 Å². The first-order chi connectivity index (χ1) is 12.7. The highest BCUT2D eigenvalue weighted by Gasteiger charge is 2.38. The summed E-state index contributed by atoms with van der Waals surface area (Å²) in [6.07, 6.45) is 1.06. The maximum Gasteiger partial charge on any atom is 0.228 e. The van der Waals surface area contributed by atoms with Gasteiger partial charge in [0.25, 0.3) is 0 Å². The molecule has 1 fully saturated rings. The van der Waals surface area contributed by atoms with Crippen molar-refractivity contribution in [2.75, 3.05) is 18.0 Å². The predicted molar refractivity (Wildman–Crippen MR) is 97.2 cm³/mol. The minimum absolute atomic E-state index is 0.0322. The highest BCUT2D eigenvalue weighted by atomic mass is 16.2. The minimum atomic E-state index is -0.348. The van der Waals surface area contributed by atoms with Crippen LogP contribution in [0.1, 0.15) is 23.1 Å². The summed E-state index contributed by atoms with van der Waals surface area (Å²) in [5.74, 6) is -0.409. The van der Waals surface area contributed by atoms with Crippen LogP contribution in [0.5, 0.6) is 0 Å². The van der Waals surface area contributed by atoms with Crippen molar-refractivity contribution in [1.29, 1.82) is 5.26 Å². The number of rotatable bonds is 2. The first kappa shape index (κ1) is 16.3. The fourth-order valence-electron chi connectivity index (χ4n) is 3.85. The van der Waals surface area contributed by atoms with Gasteiger partial charge >= 0.3 is 0 Å². The van der Waals surface area contributed by atoms with E-state index in [-0.39, 0.29) is 24.2 Å². The monoisotopic (exact) mass is 345 g/mol. The van der Waals surface area contributed by atoms with Gasteiger partial charge in [-0.05, 0) is 29.7 Å². The van der Waals surface area contributed by atoms with Crippen LogP contribution in [0, 0.1) is 17.2 Å². The second-order valence-corrected chi connectivity index (χ2v) is 6.81. The lowest BCUT2D eigenvalue weighted by atomic mass is 9.98. The Labute approximate surface area is 152 Å². The van der Waals surface area contributed by atoms with Gasteiger partial charge in [-0.3, -0.25) is 9.59 Å². The van der Waals surface area contributed by atoms with E-state index in [2.05, 4.69) is 18.2 Å².